The summed E-state index contributed by atoms with van der Waals surface area (Å²) in [5.74, 6) is -0.0551. The Balaban J connectivity index is 1.47. The number of ether oxygens (including phenoxy) is 3. The first kappa shape index (κ1) is 21.6. The number of hydrogen-bond donors (Lipinski definition) is 1. The molecule has 29 heavy (non-hydrogen) atoms. The third-order valence-electron chi connectivity index (χ3n) is 5.97. The van der Waals surface area contributed by atoms with Gasteiger partial charge in [0.05, 0.1) is 26.7 Å². The molecule has 0 spiro atoms. The van der Waals surface area contributed by atoms with E-state index >= 15 is 0 Å². The second kappa shape index (κ2) is 10.6. The standard InChI is InChI=1S/C22H32N2O5/c1-27-19-8-4-3-7-18(19)15-21(26)29-16-20(25)23-17-22(9-5-2-6-10-22)24-11-13-28-14-12-24/h3-4,7-8H,2,5-6,9-17H2,1H3,(H,23,25). The molecule has 1 aromatic carbocycles. The Bertz CT molecular complexity index is 682. The molecule has 0 atom stereocenters. The number of carbonyl (C=O) groups is 2. The maximum Gasteiger partial charge on any atom is 0.310 e. The molecule has 2 fully saturated rings. The third-order valence-corrected chi connectivity index (χ3v) is 5.97. The fourth-order valence-electron chi connectivity index (χ4n) is 4.37. The van der Waals surface area contributed by atoms with Crippen molar-refractivity contribution in [1.82, 2.24) is 10.2 Å². The molecule has 7 heteroatoms. The molecular weight excluding hydrogens is 372 g/mol. The molecule has 0 aromatic heterocycles. The van der Waals surface area contributed by atoms with Gasteiger partial charge in [0.1, 0.15) is 5.75 Å². The number of para-hydroxylation sites is 1. The van der Waals surface area contributed by atoms with E-state index in [0.717, 1.165) is 44.7 Å². The van der Waals surface area contributed by atoms with Crippen LogP contribution in [0.15, 0.2) is 24.3 Å². The van der Waals surface area contributed by atoms with Crippen molar-refractivity contribution in [3.8, 4) is 5.75 Å². The largest absolute Gasteiger partial charge is 0.496 e. The maximum atomic E-state index is 12.3. The fraction of sp³-hybridized carbons (Fsp3) is 0.636. The first-order valence-electron chi connectivity index (χ1n) is 10.5. The van der Waals surface area contributed by atoms with E-state index in [1.165, 1.54) is 19.3 Å². The lowest BCUT2D eigenvalue weighted by molar-refractivity contribution is -0.148. The van der Waals surface area contributed by atoms with Crippen LogP contribution in [0, 0.1) is 0 Å². The first-order valence-corrected chi connectivity index (χ1v) is 10.5. The maximum absolute atomic E-state index is 12.3. The van der Waals surface area contributed by atoms with Crippen LogP contribution in [0.5, 0.6) is 5.75 Å². The monoisotopic (exact) mass is 404 g/mol. The lowest BCUT2D eigenvalue weighted by Gasteiger charge is -2.48. The van der Waals surface area contributed by atoms with Crippen molar-refractivity contribution >= 4 is 11.9 Å². The Hall–Kier alpha value is -2.12. The van der Waals surface area contributed by atoms with Gasteiger partial charge in [-0.3, -0.25) is 14.5 Å². The number of rotatable bonds is 8. The Morgan fingerprint density at radius 2 is 1.86 bits per heavy atom. The van der Waals surface area contributed by atoms with Crippen LogP contribution < -0.4 is 10.1 Å². The van der Waals surface area contributed by atoms with E-state index < -0.39 is 5.97 Å². The number of benzene rings is 1. The van der Waals surface area contributed by atoms with Gasteiger partial charge in [0.2, 0.25) is 0 Å². The molecule has 1 amide bonds. The molecule has 0 bridgehead atoms. The average Bonchev–Trinajstić information content (AvgIpc) is 2.78. The van der Waals surface area contributed by atoms with Crippen LogP contribution in [-0.2, 0) is 25.5 Å². The number of carbonyl (C=O) groups excluding carboxylic acids is 2. The van der Waals surface area contributed by atoms with Gasteiger partial charge in [-0.25, -0.2) is 0 Å². The zero-order valence-electron chi connectivity index (χ0n) is 17.3. The van der Waals surface area contributed by atoms with Crippen LogP contribution in [0.2, 0.25) is 0 Å². The van der Waals surface area contributed by atoms with E-state index in [4.69, 9.17) is 14.2 Å². The summed E-state index contributed by atoms with van der Waals surface area (Å²) in [5.41, 5.74) is 0.743. The van der Waals surface area contributed by atoms with Crippen molar-refractivity contribution in [2.75, 3.05) is 46.6 Å². The van der Waals surface area contributed by atoms with Crippen molar-refractivity contribution in [2.24, 2.45) is 0 Å². The minimum absolute atomic E-state index is 0.000889. The normalized spacial score (nSPS) is 19.3. The topological polar surface area (TPSA) is 77.1 Å². The lowest BCUT2D eigenvalue weighted by atomic mass is 9.79. The van der Waals surface area contributed by atoms with Crippen LogP contribution >= 0.6 is 0 Å². The number of nitrogens with one attached hydrogen (secondary N) is 1. The van der Waals surface area contributed by atoms with Crippen molar-refractivity contribution in [3.63, 3.8) is 0 Å². The van der Waals surface area contributed by atoms with E-state index in [0.29, 0.717) is 12.3 Å². The van der Waals surface area contributed by atoms with E-state index in [-0.39, 0.29) is 24.5 Å². The predicted molar refractivity (Wildman–Crippen MR) is 109 cm³/mol. The summed E-state index contributed by atoms with van der Waals surface area (Å²) in [7, 11) is 1.56. The molecule has 1 N–H and O–H groups in total. The zero-order valence-corrected chi connectivity index (χ0v) is 17.3. The molecule has 1 saturated carbocycles. The van der Waals surface area contributed by atoms with Gasteiger partial charge in [-0.1, -0.05) is 37.5 Å². The van der Waals surface area contributed by atoms with Crippen LogP contribution in [0.4, 0.5) is 0 Å². The molecule has 7 nitrogen and oxygen atoms in total. The van der Waals surface area contributed by atoms with Crippen molar-refractivity contribution in [2.45, 2.75) is 44.1 Å². The number of morpholine rings is 1. The molecule has 2 aliphatic rings. The highest BCUT2D eigenvalue weighted by Crippen LogP contribution is 2.33. The van der Waals surface area contributed by atoms with Crippen molar-refractivity contribution in [3.05, 3.63) is 29.8 Å². The van der Waals surface area contributed by atoms with Crippen LogP contribution in [0.3, 0.4) is 0 Å². The summed E-state index contributed by atoms with van der Waals surface area (Å²) < 4.78 is 15.9. The minimum Gasteiger partial charge on any atom is -0.496 e. The second-order valence-electron chi connectivity index (χ2n) is 7.81. The van der Waals surface area contributed by atoms with Gasteiger partial charge in [-0.15, -0.1) is 0 Å². The summed E-state index contributed by atoms with van der Waals surface area (Å²) in [6, 6.07) is 7.30. The number of amides is 1. The number of hydrogen-bond acceptors (Lipinski definition) is 6. The average molecular weight is 405 g/mol. The Labute approximate surface area is 172 Å². The summed E-state index contributed by atoms with van der Waals surface area (Å²) in [5, 5.41) is 3.01. The highest BCUT2D eigenvalue weighted by atomic mass is 16.5. The molecule has 1 aliphatic carbocycles. The van der Waals surface area contributed by atoms with E-state index in [9.17, 15) is 9.59 Å². The molecule has 1 aliphatic heterocycles. The first-order chi connectivity index (χ1) is 14.1. The molecule has 1 aromatic rings. The van der Waals surface area contributed by atoms with E-state index in [2.05, 4.69) is 10.2 Å². The summed E-state index contributed by atoms with van der Waals surface area (Å²) >= 11 is 0. The quantitative estimate of drug-likeness (QED) is 0.667. The van der Waals surface area contributed by atoms with Crippen LogP contribution in [-0.4, -0.2) is 68.9 Å². The molecule has 0 radical (unpaired) electrons. The van der Waals surface area contributed by atoms with Gasteiger partial charge in [0.15, 0.2) is 6.61 Å². The number of esters is 1. The molecule has 0 unspecified atom stereocenters. The van der Waals surface area contributed by atoms with Gasteiger partial charge >= 0.3 is 5.97 Å². The minimum atomic E-state index is -0.440. The molecule has 3 rings (SSSR count). The third kappa shape index (κ3) is 5.93. The smallest absolute Gasteiger partial charge is 0.310 e. The molecule has 1 heterocycles. The lowest BCUT2D eigenvalue weighted by Crippen LogP contribution is -2.59. The van der Waals surface area contributed by atoms with Crippen LogP contribution in [0.25, 0.3) is 0 Å². The second-order valence-corrected chi connectivity index (χ2v) is 7.81. The number of nitrogens with zero attached hydrogens (tertiary/aromatic N) is 1. The summed E-state index contributed by atoms with van der Waals surface area (Å²) in [4.78, 5) is 26.9. The van der Waals surface area contributed by atoms with Gasteiger partial charge < -0.3 is 19.5 Å². The fourth-order valence-corrected chi connectivity index (χ4v) is 4.37. The van der Waals surface area contributed by atoms with Gasteiger partial charge in [-0.05, 0) is 18.9 Å². The summed E-state index contributed by atoms with van der Waals surface area (Å²) in [6.07, 6.45) is 5.86. The van der Waals surface area contributed by atoms with Crippen molar-refractivity contribution < 1.29 is 23.8 Å². The summed E-state index contributed by atoms with van der Waals surface area (Å²) in [6.45, 7) is 3.64. The number of methoxy groups -OCH3 is 1. The molecule has 1 saturated heterocycles. The zero-order chi connectivity index (χ0) is 20.5. The van der Waals surface area contributed by atoms with E-state index in [1.807, 2.05) is 18.2 Å². The predicted octanol–water partition coefficient (Wildman–Crippen LogP) is 1.93. The Kier molecular flexibility index (Phi) is 7.89. The molecule has 160 valence electrons. The highest BCUT2D eigenvalue weighted by Gasteiger charge is 2.38. The van der Waals surface area contributed by atoms with Gasteiger partial charge in [0.25, 0.3) is 5.91 Å². The van der Waals surface area contributed by atoms with E-state index in [1.54, 1.807) is 13.2 Å². The van der Waals surface area contributed by atoms with Crippen molar-refractivity contribution in [1.29, 1.82) is 0 Å². The van der Waals surface area contributed by atoms with Gasteiger partial charge in [0, 0.05) is 30.7 Å². The van der Waals surface area contributed by atoms with Gasteiger partial charge in [-0.2, -0.15) is 0 Å². The SMILES string of the molecule is COc1ccccc1CC(=O)OCC(=O)NCC1(N2CCOCC2)CCCCC1. The Morgan fingerprint density at radius 3 is 2.59 bits per heavy atom. The highest BCUT2D eigenvalue weighted by molar-refractivity contribution is 5.81. The van der Waals surface area contributed by atoms with Crippen LogP contribution in [0.1, 0.15) is 37.7 Å². The Morgan fingerprint density at radius 1 is 1.14 bits per heavy atom. The molecular formula is C22H32N2O5.